The number of hydrogen-bond acceptors (Lipinski definition) is 7. The Morgan fingerprint density at radius 2 is 1.95 bits per heavy atom. The van der Waals surface area contributed by atoms with Crippen molar-refractivity contribution in [3.05, 3.63) is 36.2 Å². The fourth-order valence-corrected chi connectivity index (χ4v) is 3.18. The summed E-state index contributed by atoms with van der Waals surface area (Å²) in [6.45, 7) is 0. The predicted octanol–water partition coefficient (Wildman–Crippen LogP) is 1.46. The third-order valence-corrected chi connectivity index (χ3v) is 4.41. The van der Waals surface area contributed by atoms with Crippen molar-refractivity contribution in [2.45, 2.75) is 29.8 Å². The summed E-state index contributed by atoms with van der Waals surface area (Å²) < 4.78 is 3.73. The minimum absolute atomic E-state index is 0.447. The summed E-state index contributed by atoms with van der Waals surface area (Å²) >= 11 is 1.55. The summed E-state index contributed by atoms with van der Waals surface area (Å²) in [5.74, 6) is 1.85. The summed E-state index contributed by atoms with van der Waals surface area (Å²) in [5, 5.41) is 20.9. The van der Waals surface area contributed by atoms with E-state index in [1.54, 1.807) is 16.4 Å². The van der Waals surface area contributed by atoms with Gasteiger partial charge >= 0.3 is 0 Å². The fourth-order valence-electron chi connectivity index (χ4n) is 2.26. The maximum absolute atomic E-state index is 5.88. The molecule has 1 fully saturated rings. The summed E-state index contributed by atoms with van der Waals surface area (Å²) in [4.78, 5) is 0. The van der Waals surface area contributed by atoms with E-state index in [4.69, 9.17) is 5.73 Å². The zero-order chi connectivity index (χ0) is 14.9. The van der Waals surface area contributed by atoms with Gasteiger partial charge in [0, 0.05) is 6.04 Å². The van der Waals surface area contributed by atoms with E-state index in [0.717, 1.165) is 29.5 Å². The van der Waals surface area contributed by atoms with Crippen LogP contribution in [0.3, 0.4) is 0 Å². The highest BCUT2D eigenvalue weighted by atomic mass is 32.2. The Labute approximate surface area is 130 Å². The normalized spacial score (nSPS) is 14.4. The molecule has 22 heavy (non-hydrogen) atoms. The molecule has 8 nitrogen and oxygen atoms in total. The molecule has 3 aromatic rings. The van der Waals surface area contributed by atoms with Crippen molar-refractivity contribution in [2.75, 3.05) is 5.73 Å². The van der Waals surface area contributed by atoms with Crippen LogP contribution in [0.2, 0.25) is 0 Å². The Morgan fingerprint density at radius 3 is 2.73 bits per heavy atom. The van der Waals surface area contributed by atoms with E-state index in [9.17, 15) is 0 Å². The van der Waals surface area contributed by atoms with Gasteiger partial charge in [0.2, 0.25) is 5.95 Å². The first kappa shape index (κ1) is 13.3. The number of para-hydroxylation sites is 1. The van der Waals surface area contributed by atoms with Crippen LogP contribution in [0.1, 0.15) is 24.7 Å². The number of nitrogens with two attached hydrogens (primary N) is 1. The predicted molar refractivity (Wildman–Crippen MR) is 81.4 cm³/mol. The molecular weight excluding hydrogens is 300 g/mol. The molecule has 0 bridgehead atoms. The lowest BCUT2D eigenvalue weighted by Gasteiger charge is -2.06. The summed E-state index contributed by atoms with van der Waals surface area (Å²) in [7, 11) is 0. The molecule has 0 unspecified atom stereocenters. The van der Waals surface area contributed by atoms with Crippen molar-refractivity contribution in [2.24, 2.45) is 0 Å². The van der Waals surface area contributed by atoms with Gasteiger partial charge in [-0.05, 0) is 35.4 Å². The van der Waals surface area contributed by atoms with Gasteiger partial charge in [-0.3, -0.25) is 4.57 Å². The standard InChI is InChI=1S/C13H14N8S/c14-12-16-17-13(20(12)9-6-7-9)22-8-11-15-18-19-21(11)10-4-2-1-3-5-10/h1-5,9H,6-8H2,(H2,14,16). The van der Waals surface area contributed by atoms with Gasteiger partial charge in [-0.25, -0.2) is 0 Å². The molecule has 0 aliphatic heterocycles. The van der Waals surface area contributed by atoms with E-state index in [1.165, 1.54) is 0 Å². The number of aromatic nitrogens is 7. The highest BCUT2D eigenvalue weighted by Crippen LogP contribution is 2.39. The molecule has 9 heteroatoms. The molecule has 1 aliphatic rings. The summed E-state index contributed by atoms with van der Waals surface area (Å²) in [6.07, 6.45) is 2.27. The van der Waals surface area contributed by atoms with Gasteiger partial charge in [-0.1, -0.05) is 30.0 Å². The molecule has 2 N–H and O–H groups in total. The number of nitrogen functional groups attached to an aromatic ring is 1. The molecule has 4 rings (SSSR count). The second kappa shape index (κ2) is 5.41. The maximum atomic E-state index is 5.88. The first-order valence-electron chi connectivity index (χ1n) is 6.99. The van der Waals surface area contributed by atoms with Crippen LogP contribution in [0.4, 0.5) is 5.95 Å². The van der Waals surface area contributed by atoms with Crippen molar-refractivity contribution in [3.8, 4) is 5.69 Å². The molecule has 2 aromatic heterocycles. The molecule has 0 radical (unpaired) electrons. The Hall–Kier alpha value is -2.42. The lowest BCUT2D eigenvalue weighted by Crippen LogP contribution is -2.04. The monoisotopic (exact) mass is 314 g/mol. The number of nitrogens with zero attached hydrogens (tertiary/aromatic N) is 7. The first-order chi connectivity index (χ1) is 10.8. The lowest BCUT2D eigenvalue weighted by atomic mass is 10.3. The second-order valence-corrected chi connectivity index (χ2v) is 6.02. The molecule has 1 aliphatic carbocycles. The summed E-state index contributed by atoms with van der Waals surface area (Å²) in [6, 6.07) is 10.3. The highest BCUT2D eigenvalue weighted by Gasteiger charge is 2.29. The Kier molecular flexibility index (Phi) is 3.26. The average Bonchev–Trinajstić information content (AvgIpc) is 3.15. The molecule has 2 heterocycles. The van der Waals surface area contributed by atoms with Crippen LogP contribution in [0.25, 0.3) is 5.69 Å². The Bertz CT molecular complexity index is 776. The van der Waals surface area contributed by atoms with E-state index in [-0.39, 0.29) is 0 Å². The van der Waals surface area contributed by atoms with Gasteiger partial charge in [0.05, 0.1) is 11.4 Å². The number of benzene rings is 1. The zero-order valence-electron chi connectivity index (χ0n) is 11.7. The van der Waals surface area contributed by atoms with Gasteiger partial charge in [0.15, 0.2) is 11.0 Å². The SMILES string of the molecule is Nc1nnc(SCc2nnnn2-c2ccccc2)n1C1CC1. The molecule has 0 spiro atoms. The van der Waals surface area contributed by atoms with E-state index >= 15 is 0 Å². The number of anilines is 1. The van der Waals surface area contributed by atoms with Crippen LogP contribution in [0.15, 0.2) is 35.5 Å². The van der Waals surface area contributed by atoms with Crippen LogP contribution in [-0.4, -0.2) is 35.0 Å². The fraction of sp³-hybridized carbons (Fsp3) is 0.308. The van der Waals surface area contributed by atoms with E-state index in [2.05, 4.69) is 25.7 Å². The van der Waals surface area contributed by atoms with Gasteiger partial charge in [-0.15, -0.1) is 15.3 Å². The largest absolute Gasteiger partial charge is 0.368 e. The molecule has 0 amide bonds. The topological polar surface area (TPSA) is 100 Å². The van der Waals surface area contributed by atoms with Crippen molar-refractivity contribution in [1.29, 1.82) is 0 Å². The first-order valence-corrected chi connectivity index (χ1v) is 7.97. The van der Waals surface area contributed by atoms with Gasteiger partial charge < -0.3 is 5.73 Å². The summed E-state index contributed by atoms with van der Waals surface area (Å²) in [5.41, 5.74) is 6.82. The third kappa shape index (κ3) is 2.43. The molecule has 0 saturated heterocycles. The van der Waals surface area contributed by atoms with Crippen LogP contribution >= 0.6 is 11.8 Å². The smallest absolute Gasteiger partial charge is 0.222 e. The highest BCUT2D eigenvalue weighted by molar-refractivity contribution is 7.98. The molecule has 1 saturated carbocycles. The van der Waals surface area contributed by atoms with E-state index in [1.807, 2.05) is 34.9 Å². The number of rotatable bonds is 5. The van der Waals surface area contributed by atoms with Crippen LogP contribution in [0.5, 0.6) is 0 Å². The van der Waals surface area contributed by atoms with Crippen LogP contribution in [-0.2, 0) is 5.75 Å². The Morgan fingerprint density at radius 1 is 1.14 bits per heavy atom. The van der Waals surface area contributed by atoms with E-state index < -0.39 is 0 Å². The third-order valence-electron chi connectivity index (χ3n) is 3.47. The second-order valence-electron chi connectivity index (χ2n) is 5.07. The van der Waals surface area contributed by atoms with Crippen molar-refractivity contribution < 1.29 is 0 Å². The number of tetrazole rings is 1. The Balaban J connectivity index is 1.55. The lowest BCUT2D eigenvalue weighted by molar-refractivity contribution is 0.671. The number of hydrogen-bond donors (Lipinski definition) is 1. The molecule has 0 atom stereocenters. The zero-order valence-corrected chi connectivity index (χ0v) is 12.5. The van der Waals surface area contributed by atoms with Crippen molar-refractivity contribution >= 4 is 17.7 Å². The minimum atomic E-state index is 0.447. The van der Waals surface area contributed by atoms with Gasteiger partial charge in [0.25, 0.3) is 0 Å². The van der Waals surface area contributed by atoms with Gasteiger partial charge in [0.1, 0.15) is 0 Å². The van der Waals surface area contributed by atoms with Crippen LogP contribution < -0.4 is 5.73 Å². The minimum Gasteiger partial charge on any atom is -0.368 e. The van der Waals surface area contributed by atoms with Gasteiger partial charge in [-0.2, -0.15) is 4.68 Å². The average molecular weight is 314 g/mol. The molecule has 1 aromatic carbocycles. The number of thioether (sulfide) groups is 1. The van der Waals surface area contributed by atoms with E-state index in [0.29, 0.717) is 17.7 Å². The van der Waals surface area contributed by atoms with Crippen molar-refractivity contribution in [3.63, 3.8) is 0 Å². The maximum Gasteiger partial charge on any atom is 0.222 e. The van der Waals surface area contributed by atoms with Crippen molar-refractivity contribution in [1.82, 2.24) is 35.0 Å². The molecular formula is C13H14N8S. The molecule has 112 valence electrons. The van der Waals surface area contributed by atoms with Crippen LogP contribution in [0, 0.1) is 0 Å². The quantitative estimate of drug-likeness (QED) is 0.711.